The lowest BCUT2D eigenvalue weighted by Crippen LogP contribution is -2.48. The fraction of sp³-hybridized carbons (Fsp3) is 0.321. The van der Waals surface area contributed by atoms with Gasteiger partial charge < -0.3 is 9.47 Å². The van der Waals surface area contributed by atoms with Crippen LogP contribution >= 0.6 is 0 Å². The molecule has 2 atom stereocenters. The van der Waals surface area contributed by atoms with Crippen molar-refractivity contribution in [1.29, 1.82) is 0 Å². The molecule has 0 aliphatic rings. The molecule has 3 aromatic carbocycles. The largest absolute Gasteiger partial charge is 0.489 e. The van der Waals surface area contributed by atoms with E-state index in [0.717, 1.165) is 15.4 Å². The Bertz CT molecular complexity index is 1290. The third kappa shape index (κ3) is 7.39. The zero-order valence-corrected chi connectivity index (χ0v) is 22.8. The summed E-state index contributed by atoms with van der Waals surface area (Å²) in [6, 6.07) is 19.7. The first-order chi connectivity index (χ1) is 17.9. The molecule has 9 nitrogen and oxygen atoms in total. The van der Waals surface area contributed by atoms with Crippen molar-refractivity contribution in [3.05, 3.63) is 88.5 Å². The molecule has 3 rings (SSSR count). The minimum atomic E-state index is -2.46. The normalized spacial score (nSPS) is 13.0. The van der Waals surface area contributed by atoms with Gasteiger partial charge >= 0.3 is 5.97 Å². The average molecular weight is 541 g/mol. The van der Waals surface area contributed by atoms with E-state index in [1.165, 1.54) is 6.07 Å². The Hall–Kier alpha value is -3.76. The SMILES string of the molecule is CC(C)C(C(=O)OC(C)(C)C)N(c1ccc(-c2ccc(OCc3ccccc3[N+](=O)[O-])cc2)cc1)S(=O)O. The lowest BCUT2D eigenvalue weighted by atomic mass is 10.0. The zero-order chi connectivity index (χ0) is 28.0. The minimum absolute atomic E-state index is 0.00781. The van der Waals surface area contributed by atoms with Crippen LogP contribution in [0.3, 0.4) is 0 Å². The summed E-state index contributed by atoms with van der Waals surface area (Å²) in [6.45, 7) is 8.90. The van der Waals surface area contributed by atoms with Crippen LogP contribution in [0.2, 0.25) is 0 Å². The number of hydrogen-bond acceptors (Lipinski definition) is 6. The topological polar surface area (TPSA) is 119 Å². The number of esters is 1. The Morgan fingerprint density at radius 2 is 1.55 bits per heavy atom. The number of para-hydroxylation sites is 1. The van der Waals surface area contributed by atoms with Crippen molar-refractivity contribution in [2.24, 2.45) is 5.92 Å². The summed E-state index contributed by atoms with van der Waals surface area (Å²) in [7, 11) is 0. The highest BCUT2D eigenvalue weighted by Gasteiger charge is 2.36. The molecule has 0 saturated heterocycles. The first-order valence-electron chi connectivity index (χ1n) is 12.1. The maximum Gasteiger partial charge on any atom is 0.330 e. The van der Waals surface area contributed by atoms with Gasteiger partial charge in [0.1, 0.15) is 24.0 Å². The van der Waals surface area contributed by atoms with E-state index in [4.69, 9.17) is 9.47 Å². The zero-order valence-electron chi connectivity index (χ0n) is 22.0. The molecule has 3 aromatic rings. The summed E-state index contributed by atoms with van der Waals surface area (Å²) >= 11 is -2.46. The van der Waals surface area contributed by atoms with Crippen LogP contribution in [0.5, 0.6) is 5.75 Å². The van der Waals surface area contributed by atoms with Crippen molar-refractivity contribution >= 4 is 28.6 Å². The van der Waals surface area contributed by atoms with Crippen LogP contribution in [0.1, 0.15) is 40.2 Å². The third-order valence-electron chi connectivity index (χ3n) is 5.59. The molecule has 0 aliphatic carbocycles. The molecule has 0 fully saturated rings. The standard InChI is InChI=1S/C28H32N2O7S/c1-19(2)26(27(31)37-28(3,4)5)29(38(34)35)23-14-10-20(11-15-23)21-12-16-24(17-13-21)36-18-22-8-6-7-9-25(22)30(32)33/h6-17,19,26H,18H2,1-5H3,(H,34,35). The highest BCUT2D eigenvalue weighted by Crippen LogP contribution is 2.29. The van der Waals surface area contributed by atoms with Gasteiger partial charge in [-0.3, -0.25) is 19.0 Å². The molecular weight excluding hydrogens is 508 g/mol. The summed E-state index contributed by atoms with van der Waals surface area (Å²) in [5.74, 6) is -0.302. The molecule has 0 saturated carbocycles. The summed E-state index contributed by atoms with van der Waals surface area (Å²) in [4.78, 5) is 23.6. The number of nitrogens with zero attached hydrogens (tertiary/aromatic N) is 2. The predicted octanol–water partition coefficient (Wildman–Crippen LogP) is 6.15. The van der Waals surface area contributed by atoms with Gasteiger partial charge in [0.2, 0.25) is 0 Å². The van der Waals surface area contributed by atoms with E-state index in [-0.39, 0.29) is 18.2 Å². The summed E-state index contributed by atoms with van der Waals surface area (Å²) < 4.78 is 34.8. The summed E-state index contributed by atoms with van der Waals surface area (Å²) in [5.41, 5.74) is 1.88. The van der Waals surface area contributed by atoms with Crippen molar-refractivity contribution < 1.29 is 28.0 Å². The van der Waals surface area contributed by atoms with Gasteiger partial charge in [0.25, 0.3) is 17.0 Å². The van der Waals surface area contributed by atoms with E-state index in [2.05, 4.69) is 0 Å². The molecule has 0 bridgehead atoms. The minimum Gasteiger partial charge on any atom is -0.489 e. The van der Waals surface area contributed by atoms with Crippen LogP contribution in [0.25, 0.3) is 11.1 Å². The fourth-order valence-electron chi connectivity index (χ4n) is 3.87. The second kappa shape index (κ2) is 12.2. The van der Waals surface area contributed by atoms with Crippen LogP contribution in [-0.4, -0.2) is 31.3 Å². The summed E-state index contributed by atoms with van der Waals surface area (Å²) in [6.07, 6.45) is 0. The molecule has 1 N–H and O–H groups in total. The number of nitro groups is 1. The lowest BCUT2D eigenvalue weighted by molar-refractivity contribution is -0.385. The van der Waals surface area contributed by atoms with Crippen LogP contribution < -0.4 is 9.04 Å². The first-order valence-corrected chi connectivity index (χ1v) is 13.1. The fourth-order valence-corrected chi connectivity index (χ4v) is 4.69. The van der Waals surface area contributed by atoms with E-state index in [1.54, 1.807) is 89.2 Å². The highest BCUT2D eigenvalue weighted by molar-refractivity contribution is 7.80. The third-order valence-corrected chi connectivity index (χ3v) is 6.37. The quantitative estimate of drug-likeness (QED) is 0.142. The molecule has 0 spiro atoms. The van der Waals surface area contributed by atoms with Gasteiger partial charge in [-0.15, -0.1) is 0 Å². The highest BCUT2D eigenvalue weighted by atomic mass is 32.2. The average Bonchev–Trinajstić information content (AvgIpc) is 2.85. The number of anilines is 1. The van der Waals surface area contributed by atoms with E-state index in [0.29, 0.717) is 17.0 Å². The Kier molecular flexibility index (Phi) is 9.24. The van der Waals surface area contributed by atoms with Crippen molar-refractivity contribution in [2.45, 2.75) is 52.9 Å². The number of ether oxygens (including phenoxy) is 2. The summed E-state index contributed by atoms with van der Waals surface area (Å²) in [5, 5.41) is 11.2. The van der Waals surface area contributed by atoms with Crippen LogP contribution in [-0.2, 0) is 27.4 Å². The smallest absolute Gasteiger partial charge is 0.330 e. The van der Waals surface area contributed by atoms with Crippen molar-refractivity contribution in [2.75, 3.05) is 4.31 Å². The van der Waals surface area contributed by atoms with E-state index >= 15 is 0 Å². The van der Waals surface area contributed by atoms with Gasteiger partial charge in [-0.25, -0.2) is 9.00 Å². The number of carbonyl (C=O) groups is 1. The Morgan fingerprint density at radius 1 is 1.00 bits per heavy atom. The van der Waals surface area contributed by atoms with Gasteiger partial charge in [0, 0.05) is 6.07 Å². The van der Waals surface area contributed by atoms with Gasteiger partial charge in [-0.05, 0) is 68.1 Å². The molecule has 202 valence electrons. The van der Waals surface area contributed by atoms with Gasteiger partial charge in [-0.1, -0.05) is 50.2 Å². The van der Waals surface area contributed by atoms with Gasteiger partial charge in [0.15, 0.2) is 0 Å². The maximum absolute atomic E-state index is 12.9. The first kappa shape index (κ1) is 28.8. The maximum atomic E-state index is 12.9. The molecule has 0 radical (unpaired) electrons. The molecule has 0 amide bonds. The lowest BCUT2D eigenvalue weighted by Gasteiger charge is -2.33. The monoisotopic (exact) mass is 540 g/mol. The van der Waals surface area contributed by atoms with Gasteiger partial charge in [0.05, 0.1) is 16.2 Å². The second-order valence-corrected chi connectivity index (χ2v) is 10.9. The molecule has 38 heavy (non-hydrogen) atoms. The van der Waals surface area contributed by atoms with E-state index in [1.807, 2.05) is 12.1 Å². The van der Waals surface area contributed by atoms with Crippen LogP contribution in [0, 0.1) is 16.0 Å². The Balaban J connectivity index is 1.76. The number of rotatable bonds is 10. The second-order valence-electron chi connectivity index (χ2n) is 10.0. The van der Waals surface area contributed by atoms with E-state index < -0.39 is 33.8 Å². The van der Waals surface area contributed by atoms with E-state index in [9.17, 15) is 23.7 Å². The predicted molar refractivity (Wildman–Crippen MR) is 147 cm³/mol. The molecule has 0 aliphatic heterocycles. The van der Waals surface area contributed by atoms with Crippen molar-refractivity contribution in [3.63, 3.8) is 0 Å². The molecule has 0 aromatic heterocycles. The molecule has 0 heterocycles. The number of benzene rings is 3. The van der Waals surface area contributed by atoms with Crippen LogP contribution in [0.4, 0.5) is 11.4 Å². The number of carbonyl (C=O) groups excluding carboxylic acids is 1. The van der Waals surface area contributed by atoms with Crippen LogP contribution in [0.15, 0.2) is 72.8 Å². The molecule has 10 heteroatoms. The van der Waals surface area contributed by atoms with Crippen molar-refractivity contribution in [3.8, 4) is 16.9 Å². The number of nitro benzene ring substituents is 1. The van der Waals surface area contributed by atoms with Crippen molar-refractivity contribution in [1.82, 2.24) is 0 Å². The molecular formula is C28H32N2O7S. The Labute approximate surface area is 225 Å². The number of hydrogen-bond donors (Lipinski definition) is 1. The molecule has 2 unspecified atom stereocenters. The Morgan fingerprint density at radius 3 is 2.05 bits per heavy atom. The van der Waals surface area contributed by atoms with Gasteiger partial charge in [-0.2, -0.15) is 0 Å².